The predicted molar refractivity (Wildman–Crippen MR) is 112 cm³/mol. The molecule has 0 aliphatic carbocycles. The Kier molecular flexibility index (Phi) is 4.95. The number of hydrogen-bond acceptors (Lipinski definition) is 4. The number of rotatable bonds is 4. The molecule has 0 saturated heterocycles. The molecule has 140 valence electrons. The second kappa shape index (κ2) is 7.55. The summed E-state index contributed by atoms with van der Waals surface area (Å²) < 4.78 is 23.4. The Morgan fingerprint density at radius 1 is 1.11 bits per heavy atom. The van der Waals surface area contributed by atoms with E-state index in [4.69, 9.17) is 4.74 Å². The molecule has 0 atom stereocenters. The molecule has 0 amide bonds. The maximum Gasteiger partial charge on any atom is 0.251 e. The van der Waals surface area contributed by atoms with Crippen molar-refractivity contribution in [2.45, 2.75) is 0 Å². The van der Waals surface area contributed by atoms with E-state index in [9.17, 15) is 9.18 Å². The Bertz CT molecular complexity index is 1200. The summed E-state index contributed by atoms with van der Waals surface area (Å²) in [6.07, 6.45) is 2.96. The number of para-hydroxylation sites is 1. The maximum absolute atomic E-state index is 14.4. The van der Waals surface area contributed by atoms with Gasteiger partial charge in [-0.05, 0) is 59.0 Å². The molecule has 0 spiro atoms. The van der Waals surface area contributed by atoms with Crippen molar-refractivity contribution in [1.82, 2.24) is 19.6 Å². The van der Waals surface area contributed by atoms with Crippen LogP contribution in [0.5, 0.6) is 5.75 Å². The van der Waals surface area contributed by atoms with Crippen LogP contribution in [0.15, 0.2) is 71.8 Å². The summed E-state index contributed by atoms with van der Waals surface area (Å²) in [4.78, 5) is 12.9. The summed E-state index contributed by atoms with van der Waals surface area (Å²) in [7, 11) is 1.39. The van der Waals surface area contributed by atoms with Crippen LogP contribution in [0.1, 0.15) is 0 Å². The Morgan fingerprint density at radius 3 is 2.64 bits per heavy atom. The molecule has 6 nitrogen and oxygen atoms in total. The van der Waals surface area contributed by atoms with E-state index >= 15 is 0 Å². The lowest BCUT2D eigenvalue weighted by molar-refractivity contribution is 0.405. The minimum Gasteiger partial charge on any atom is -0.491 e. The quantitative estimate of drug-likeness (QED) is 0.410. The topological polar surface area (TPSA) is 61.9 Å². The fraction of sp³-hybridized carbons (Fsp3) is 0.0500. The van der Waals surface area contributed by atoms with E-state index in [1.807, 2.05) is 30.3 Å². The largest absolute Gasteiger partial charge is 0.491 e. The second-order valence-electron chi connectivity index (χ2n) is 5.88. The summed E-state index contributed by atoms with van der Waals surface area (Å²) in [5, 5.41) is 8.71. The summed E-state index contributed by atoms with van der Waals surface area (Å²) in [5.41, 5.74) is 1.19. The van der Waals surface area contributed by atoms with Gasteiger partial charge in [-0.25, -0.2) is 13.8 Å². The molecule has 0 fully saturated rings. The summed E-state index contributed by atoms with van der Waals surface area (Å²) in [6, 6.07) is 15.7. The molecule has 0 aliphatic heterocycles. The van der Waals surface area contributed by atoms with E-state index < -0.39 is 11.2 Å². The van der Waals surface area contributed by atoms with Gasteiger partial charge in [0.25, 0.3) is 5.43 Å². The number of hydrogen-bond donors (Lipinski definition) is 0. The maximum atomic E-state index is 14.4. The van der Waals surface area contributed by atoms with Crippen LogP contribution in [0, 0.1) is 9.39 Å². The molecule has 2 aromatic carbocycles. The van der Waals surface area contributed by atoms with Crippen LogP contribution < -0.4 is 10.2 Å². The molecule has 0 N–H and O–H groups in total. The van der Waals surface area contributed by atoms with Gasteiger partial charge in [-0.2, -0.15) is 10.2 Å². The third kappa shape index (κ3) is 3.31. The van der Waals surface area contributed by atoms with Crippen LogP contribution >= 0.6 is 22.6 Å². The highest BCUT2D eigenvalue weighted by molar-refractivity contribution is 14.1. The number of halogens is 2. The molecule has 0 radical (unpaired) electrons. The highest BCUT2D eigenvalue weighted by Gasteiger charge is 2.18. The number of benzene rings is 2. The van der Waals surface area contributed by atoms with Gasteiger partial charge in [0, 0.05) is 3.57 Å². The lowest BCUT2D eigenvalue weighted by Gasteiger charge is -2.12. The minimum absolute atomic E-state index is 0.0593. The predicted octanol–water partition coefficient (Wildman–Crippen LogP) is 3.84. The van der Waals surface area contributed by atoms with Crippen LogP contribution in [-0.2, 0) is 0 Å². The highest BCUT2D eigenvalue weighted by atomic mass is 127. The monoisotopic (exact) mass is 488 g/mol. The Morgan fingerprint density at radius 2 is 1.89 bits per heavy atom. The van der Waals surface area contributed by atoms with E-state index in [1.165, 1.54) is 24.1 Å². The SMILES string of the molecule is COc1cn(-c2cc(I)ccc2F)nc(-c2ccnn2-c2ccccc2)c1=O. The first-order chi connectivity index (χ1) is 13.6. The van der Waals surface area contributed by atoms with Crippen molar-refractivity contribution in [3.05, 3.63) is 86.6 Å². The molecule has 2 heterocycles. The van der Waals surface area contributed by atoms with Crippen molar-refractivity contribution in [3.63, 3.8) is 0 Å². The van der Waals surface area contributed by atoms with Crippen molar-refractivity contribution >= 4 is 22.6 Å². The van der Waals surface area contributed by atoms with E-state index in [0.29, 0.717) is 5.69 Å². The molecular formula is C20H14FIN4O2. The summed E-state index contributed by atoms with van der Waals surface area (Å²) in [6.45, 7) is 0. The molecule has 8 heteroatoms. The first-order valence-electron chi connectivity index (χ1n) is 8.31. The fourth-order valence-electron chi connectivity index (χ4n) is 2.82. The molecule has 0 saturated carbocycles. The van der Waals surface area contributed by atoms with Gasteiger partial charge in [0.2, 0.25) is 0 Å². The first kappa shape index (κ1) is 18.4. The van der Waals surface area contributed by atoms with Crippen LogP contribution in [0.2, 0.25) is 0 Å². The fourth-order valence-corrected chi connectivity index (χ4v) is 3.30. The Balaban J connectivity index is 1.96. The van der Waals surface area contributed by atoms with Gasteiger partial charge in [-0.15, -0.1) is 0 Å². The summed E-state index contributed by atoms with van der Waals surface area (Å²) >= 11 is 2.09. The van der Waals surface area contributed by atoms with Gasteiger partial charge in [0.05, 0.1) is 30.9 Å². The molecule has 0 aliphatic rings. The van der Waals surface area contributed by atoms with E-state index in [1.54, 1.807) is 29.1 Å². The normalized spacial score (nSPS) is 10.8. The number of methoxy groups -OCH3 is 1. The van der Waals surface area contributed by atoms with Crippen molar-refractivity contribution < 1.29 is 9.13 Å². The van der Waals surface area contributed by atoms with Crippen molar-refractivity contribution in [1.29, 1.82) is 0 Å². The van der Waals surface area contributed by atoms with Crippen LogP contribution in [-0.4, -0.2) is 26.7 Å². The second-order valence-corrected chi connectivity index (χ2v) is 7.12. The smallest absolute Gasteiger partial charge is 0.251 e. The third-order valence-corrected chi connectivity index (χ3v) is 4.82. The van der Waals surface area contributed by atoms with Crippen molar-refractivity contribution in [2.75, 3.05) is 7.11 Å². The molecule has 28 heavy (non-hydrogen) atoms. The average Bonchev–Trinajstić information content (AvgIpc) is 3.20. The molecular weight excluding hydrogens is 474 g/mol. The zero-order valence-corrected chi connectivity index (χ0v) is 16.9. The zero-order valence-electron chi connectivity index (χ0n) is 14.7. The molecule has 0 unspecified atom stereocenters. The van der Waals surface area contributed by atoms with Gasteiger partial charge < -0.3 is 4.74 Å². The van der Waals surface area contributed by atoms with Gasteiger partial charge in [-0.1, -0.05) is 18.2 Å². The van der Waals surface area contributed by atoms with Gasteiger partial charge >= 0.3 is 0 Å². The van der Waals surface area contributed by atoms with Crippen molar-refractivity contribution in [3.8, 4) is 28.5 Å². The lowest BCUT2D eigenvalue weighted by Crippen LogP contribution is -2.18. The molecule has 0 bridgehead atoms. The third-order valence-electron chi connectivity index (χ3n) is 4.15. The standard InChI is InChI=1S/C20H14FIN4O2/c1-28-18-12-25(17-11-13(22)7-8-15(17)21)24-19(20(18)27)16-9-10-23-26(16)14-5-3-2-4-6-14/h2-12H,1H3. The first-order valence-corrected chi connectivity index (χ1v) is 9.39. The molecule has 4 aromatic rings. The average molecular weight is 488 g/mol. The number of nitrogens with zero attached hydrogens (tertiary/aromatic N) is 4. The Labute approximate surface area is 173 Å². The van der Waals surface area contributed by atoms with Crippen LogP contribution in [0.25, 0.3) is 22.8 Å². The molecule has 4 rings (SSSR count). The molecule has 2 aromatic heterocycles. The van der Waals surface area contributed by atoms with Gasteiger partial charge in [0.1, 0.15) is 11.5 Å². The van der Waals surface area contributed by atoms with Gasteiger partial charge in [-0.3, -0.25) is 4.79 Å². The van der Waals surface area contributed by atoms with E-state index in [0.717, 1.165) is 9.26 Å². The Hall–Kier alpha value is -3.01. The number of aromatic nitrogens is 4. The minimum atomic E-state index is -0.457. The number of ether oxygens (including phenoxy) is 1. The van der Waals surface area contributed by atoms with Crippen LogP contribution in [0.3, 0.4) is 0 Å². The zero-order chi connectivity index (χ0) is 19.7. The van der Waals surface area contributed by atoms with E-state index in [2.05, 4.69) is 32.8 Å². The highest BCUT2D eigenvalue weighted by Crippen LogP contribution is 2.22. The van der Waals surface area contributed by atoms with Gasteiger partial charge in [0.15, 0.2) is 11.4 Å². The van der Waals surface area contributed by atoms with Crippen LogP contribution in [0.4, 0.5) is 4.39 Å². The van der Waals surface area contributed by atoms with E-state index in [-0.39, 0.29) is 17.1 Å². The van der Waals surface area contributed by atoms with Crippen molar-refractivity contribution in [2.24, 2.45) is 0 Å². The lowest BCUT2D eigenvalue weighted by atomic mass is 10.2. The summed E-state index contributed by atoms with van der Waals surface area (Å²) in [5.74, 6) is -0.398.